The van der Waals surface area contributed by atoms with Crippen LogP contribution in [-0.2, 0) is 9.59 Å². The van der Waals surface area contributed by atoms with Crippen LogP contribution in [0.25, 0.3) is 10.8 Å². The molecule has 2 aromatic rings. The number of fused-ring (bicyclic) bond motifs is 1. The van der Waals surface area contributed by atoms with E-state index in [1.807, 2.05) is 36.4 Å². The Hall–Kier alpha value is -2.36. The lowest BCUT2D eigenvalue weighted by Gasteiger charge is -2.13. The number of carboxylic acid groups (broad SMARTS) is 1. The van der Waals surface area contributed by atoms with Crippen molar-refractivity contribution < 1.29 is 19.4 Å². The fourth-order valence-corrected chi connectivity index (χ4v) is 1.84. The minimum absolute atomic E-state index is 0.0863. The van der Waals surface area contributed by atoms with Crippen molar-refractivity contribution in [1.29, 1.82) is 0 Å². The molecular weight excluding hydrogens is 244 g/mol. The molecule has 0 saturated heterocycles. The summed E-state index contributed by atoms with van der Waals surface area (Å²) in [5, 5.41) is 10.7. The highest BCUT2D eigenvalue weighted by Gasteiger charge is 2.11. The van der Waals surface area contributed by atoms with Crippen LogP contribution in [-0.4, -0.2) is 23.5 Å². The Morgan fingerprint density at radius 1 is 1.21 bits per heavy atom. The molecule has 19 heavy (non-hydrogen) atoms. The van der Waals surface area contributed by atoms with Gasteiger partial charge in [0.05, 0.1) is 0 Å². The largest absolute Gasteiger partial charge is 0.483 e. The first kappa shape index (κ1) is 13.1. The second-order valence-electron chi connectivity index (χ2n) is 4.23. The molecule has 0 fully saturated rings. The topological polar surface area (TPSA) is 63.6 Å². The van der Waals surface area contributed by atoms with Gasteiger partial charge in [0.15, 0.2) is 12.4 Å². The van der Waals surface area contributed by atoms with Gasteiger partial charge in [0.25, 0.3) is 0 Å². The number of benzene rings is 2. The minimum atomic E-state index is -0.936. The molecule has 2 aromatic carbocycles. The van der Waals surface area contributed by atoms with Gasteiger partial charge in [-0.3, -0.25) is 9.59 Å². The van der Waals surface area contributed by atoms with Gasteiger partial charge in [-0.1, -0.05) is 30.3 Å². The van der Waals surface area contributed by atoms with E-state index >= 15 is 0 Å². The van der Waals surface area contributed by atoms with Gasteiger partial charge in [-0.05, 0) is 22.9 Å². The number of ether oxygens (including phenoxy) is 1. The Bertz CT molecular complexity index is 591. The van der Waals surface area contributed by atoms with E-state index in [4.69, 9.17) is 9.84 Å². The van der Waals surface area contributed by atoms with Crippen molar-refractivity contribution in [3.05, 3.63) is 42.5 Å². The lowest BCUT2D eigenvalue weighted by molar-refractivity contribution is -0.137. The molecule has 0 saturated carbocycles. The van der Waals surface area contributed by atoms with Crippen molar-refractivity contribution >= 4 is 23.0 Å². The molecule has 0 aromatic heterocycles. The third-order valence-electron chi connectivity index (χ3n) is 2.80. The summed E-state index contributed by atoms with van der Waals surface area (Å²) in [5.74, 6) is -0.366. The van der Waals surface area contributed by atoms with E-state index in [-0.39, 0.29) is 12.8 Å². The second kappa shape index (κ2) is 6.00. The Kier molecular flexibility index (Phi) is 4.13. The summed E-state index contributed by atoms with van der Waals surface area (Å²) < 4.78 is 5.49. The van der Waals surface area contributed by atoms with Crippen LogP contribution in [0, 0.1) is 0 Å². The third-order valence-corrected chi connectivity index (χ3v) is 2.80. The maximum atomic E-state index is 10.9. The molecule has 0 bridgehead atoms. The van der Waals surface area contributed by atoms with E-state index in [1.54, 1.807) is 6.07 Å². The summed E-state index contributed by atoms with van der Waals surface area (Å²) >= 11 is 0. The van der Waals surface area contributed by atoms with Crippen molar-refractivity contribution in [1.82, 2.24) is 0 Å². The highest BCUT2D eigenvalue weighted by Crippen LogP contribution is 2.21. The molecule has 0 aliphatic carbocycles. The van der Waals surface area contributed by atoms with Crippen molar-refractivity contribution in [2.45, 2.75) is 18.9 Å². The highest BCUT2D eigenvalue weighted by molar-refractivity contribution is 5.83. The molecule has 0 spiro atoms. The lowest BCUT2D eigenvalue weighted by atomic mass is 10.1. The van der Waals surface area contributed by atoms with Gasteiger partial charge >= 0.3 is 5.97 Å². The summed E-state index contributed by atoms with van der Waals surface area (Å²) in [4.78, 5) is 21.3. The van der Waals surface area contributed by atoms with E-state index in [1.165, 1.54) is 0 Å². The average Bonchev–Trinajstić information content (AvgIpc) is 2.43. The standard InChI is InChI=1S/C15H14O4/c16-10-14(7-8-15(17)18)19-13-6-5-11-3-1-2-4-12(11)9-13/h1-6,9-10,14H,7-8H2,(H,17,18). The molecule has 0 aliphatic rings. The number of rotatable bonds is 6. The third kappa shape index (κ3) is 3.55. The summed E-state index contributed by atoms with van der Waals surface area (Å²) in [6.07, 6.45) is -0.00176. The molecule has 1 unspecified atom stereocenters. The van der Waals surface area contributed by atoms with Crippen LogP contribution in [0.15, 0.2) is 42.5 Å². The SMILES string of the molecule is O=CC(CCC(=O)O)Oc1ccc2ccccc2c1. The first-order valence-electron chi connectivity index (χ1n) is 6.01. The molecule has 4 heteroatoms. The quantitative estimate of drug-likeness (QED) is 0.809. The number of aldehydes is 1. The van der Waals surface area contributed by atoms with Crippen molar-refractivity contribution in [3.63, 3.8) is 0 Å². The zero-order valence-electron chi connectivity index (χ0n) is 10.3. The van der Waals surface area contributed by atoms with Crippen LogP contribution in [0.1, 0.15) is 12.8 Å². The van der Waals surface area contributed by atoms with Crippen LogP contribution >= 0.6 is 0 Å². The average molecular weight is 258 g/mol. The fraction of sp³-hybridized carbons (Fsp3) is 0.200. The number of carbonyl (C=O) groups excluding carboxylic acids is 1. The second-order valence-corrected chi connectivity index (χ2v) is 4.23. The number of carboxylic acids is 1. The Morgan fingerprint density at radius 2 is 1.95 bits per heavy atom. The van der Waals surface area contributed by atoms with Crippen molar-refractivity contribution in [2.75, 3.05) is 0 Å². The number of hydrogen-bond donors (Lipinski definition) is 1. The first-order chi connectivity index (χ1) is 9.19. The molecular formula is C15H14O4. The molecule has 0 aliphatic heterocycles. The smallest absolute Gasteiger partial charge is 0.303 e. The van der Waals surface area contributed by atoms with Gasteiger partial charge in [-0.15, -0.1) is 0 Å². The van der Waals surface area contributed by atoms with Crippen LogP contribution in [0.2, 0.25) is 0 Å². The molecule has 98 valence electrons. The van der Waals surface area contributed by atoms with E-state index in [0.29, 0.717) is 12.0 Å². The zero-order chi connectivity index (χ0) is 13.7. The Morgan fingerprint density at radius 3 is 2.63 bits per heavy atom. The number of hydrogen-bond acceptors (Lipinski definition) is 3. The van der Waals surface area contributed by atoms with Crippen LogP contribution in [0.5, 0.6) is 5.75 Å². The van der Waals surface area contributed by atoms with Crippen LogP contribution in [0.4, 0.5) is 0 Å². The summed E-state index contributed by atoms with van der Waals surface area (Å²) in [7, 11) is 0. The maximum absolute atomic E-state index is 10.9. The summed E-state index contributed by atoms with van der Waals surface area (Å²) in [6.45, 7) is 0. The van der Waals surface area contributed by atoms with E-state index in [0.717, 1.165) is 10.8 Å². The normalized spacial score (nSPS) is 12.0. The summed E-state index contributed by atoms with van der Waals surface area (Å²) in [6, 6.07) is 13.3. The van der Waals surface area contributed by atoms with Crippen molar-refractivity contribution in [3.8, 4) is 5.75 Å². The predicted molar refractivity (Wildman–Crippen MR) is 71.3 cm³/mol. The van der Waals surface area contributed by atoms with Gasteiger partial charge in [0.2, 0.25) is 0 Å². The zero-order valence-corrected chi connectivity index (χ0v) is 10.3. The van der Waals surface area contributed by atoms with Gasteiger partial charge in [-0.2, -0.15) is 0 Å². The molecule has 1 N–H and O–H groups in total. The molecule has 4 nitrogen and oxygen atoms in total. The minimum Gasteiger partial charge on any atom is -0.483 e. The molecule has 1 atom stereocenters. The van der Waals surface area contributed by atoms with Gasteiger partial charge < -0.3 is 9.84 Å². The number of carbonyl (C=O) groups is 2. The predicted octanol–water partition coefficient (Wildman–Crippen LogP) is 2.65. The van der Waals surface area contributed by atoms with E-state index in [9.17, 15) is 9.59 Å². The van der Waals surface area contributed by atoms with Gasteiger partial charge in [0.1, 0.15) is 5.75 Å². The van der Waals surface area contributed by atoms with Crippen molar-refractivity contribution in [2.24, 2.45) is 0 Å². The Labute approximate surface area is 110 Å². The van der Waals surface area contributed by atoms with E-state index < -0.39 is 12.1 Å². The maximum Gasteiger partial charge on any atom is 0.303 e. The first-order valence-corrected chi connectivity index (χ1v) is 6.01. The lowest BCUT2D eigenvalue weighted by Crippen LogP contribution is -2.19. The van der Waals surface area contributed by atoms with Crippen LogP contribution in [0.3, 0.4) is 0 Å². The number of aliphatic carboxylic acids is 1. The summed E-state index contributed by atoms with van der Waals surface area (Å²) in [5.41, 5.74) is 0. The Balaban J connectivity index is 2.10. The molecule has 0 heterocycles. The molecule has 2 rings (SSSR count). The van der Waals surface area contributed by atoms with Gasteiger partial charge in [-0.25, -0.2) is 0 Å². The van der Waals surface area contributed by atoms with Crippen LogP contribution < -0.4 is 4.74 Å². The molecule has 0 amide bonds. The van der Waals surface area contributed by atoms with Gasteiger partial charge in [0, 0.05) is 12.8 Å². The highest BCUT2D eigenvalue weighted by atomic mass is 16.5. The molecule has 0 radical (unpaired) electrons. The monoisotopic (exact) mass is 258 g/mol. The fourth-order valence-electron chi connectivity index (χ4n) is 1.84. The van der Waals surface area contributed by atoms with E-state index in [2.05, 4.69) is 0 Å².